The van der Waals surface area contributed by atoms with Gasteiger partial charge in [0.1, 0.15) is 0 Å². The van der Waals surface area contributed by atoms with Crippen molar-refractivity contribution in [3.05, 3.63) is 35.7 Å². The van der Waals surface area contributed by atoms with Crippen molar-refractivity contribution in [3.8, 4) is 11.5 Å². The number of aromatic nitrogens is 2. The molecule has 0 saturated carbocycles. The van der Waals surface area contributed by atoms with E-state index in [0.29, 0.717) is 17.6 Å². The summed E-state index contributed by atoms with van der Waals surface area (Å²) in [5.74, 6) is 1.80. The fourth-order valence-corrected chi connectivity index (χ4v) is 1.42. The summed E-state index contributed by atoms with van der Waals surface area (Å²) in [5.41, 5.74) is 2.29. The number of rotatable bonds is 2. The number of hydrogen-bond acceptors (Lipinski definition) is 3. The van der Waals surface area contributed by atoms with E-state index in [9.17, 15) is 0 Å². The van der Waals surface area contributed by atoms with Crippen LogP contribution in [0.3, 0.4) is 0 Å². The average molecular weight is 202 g/mol. The molecule has 1 aromatic heterocycles. The van der Waals surface area contributed by atoms with Crippen LogP contribution in [0.5, 0.6) is 0 Å². The normalized spacial score (nSPS) is 10.9. The third-order valence-electron chi connectivity index (χ3n) is 2.35. The lowest BCUT2D eigenvalue weighted by molar-refractivity contribution is 0.425. The minimum absolute atomic E-state index is 0.545. The van der Waals surface area contributed by atoms with E-state index in [1.54, 1.807) is 0 Å². The molecule has 0 N–H and O–H groups in total. The van der Waals surface area contributed by atoms with E-state index in [1.807, 2.05) is 19.1 Å². The Bertz CT molecular complexity index is 443. The summed E-state index contributed by atoms with van der Waals surface area (Å²) in [4.78, 5) is 4.18. The van der Waals surface area contributed by atoms with Gasteiger partial charge in [0, 0.05) is 5.56 Å². The fraction of sp³-hybridized carbons (Fsp3) is 0.333. The predicted molar refractivity (Wildman–Crippen MR) is 58.6 cm³/mol. The number of hydrogen-bond donors (Lipinski definition) is 0. The van der Waals surface area contributed by atoms with E-state index < -0.39 is 0 Å². The quantitative estimate of drug-likeness (QED) is 0.750. The minimum atomic E-state index is 0.545. The number of benzene rings is 1. The topological polar surface area (TPSA) is 38.9 Å². The third kappa shape index (κ3) is 2.06. The first-order valence-corrected chi connectivity index (χ1v) is 5.07. The Morgan fingerprint density at radius 3 is 2.27 bits per heavy atom. The predicted octanol–water partition coefficient (Wildman–Crippen LogP) is 3.17. The first kappa shape index (κ1) is 9.90. The highest BCUT2D eigenvalue weighted by atomic mass is 16.5. The monoisotopic (exact) mass is 202 g/mol. The maximum atomic E-state index is 5.09. The van der Waals surface area contributed by atoms with Crippen molar-refractivity contribution in [1.29, 1.82) is 0 Å². The van der Waals surface area contributed by atoms with E-state index in [-0.39, 0.29) is 0 Å². The molecule has 0 amide bonds. The van der Waals surface area contributed by atoms with Crippen LogP contribution in [0, 0.1) is 6.92 Å². The van der Waals surface area contributed by atoms with E-state index in [4.69, 9.17) is 4.52 Å². The molecule has 3 nitrogen and oxygen atoms in total. The van der Waals surface area contributed by atoms with Crippen LogP contribution >= 0.6 is 0 Å². The smallest absolute Gasteiger partial charge is 0.257 e. The van der Waals surface area contributed by atoms with Gasteiger partial charge in [-0.05, 0) is 30.5 Å². The fourth-order valence-electron chi connectivity index (χ4n) is 1.42. The minimum Gasteiger partial charge on any atom is -0.334 e. The lowest BCUT2D eigenvalue weighted by Crippen LogP contribution is -1.86. The standard InChI is InChI=1S/C12H14N2O/c1-8(2)10-4-6-11(7-5-10)12-13-9(3)14-15-12/h4-8H,1-3H3. The molecule has 78 valence electrons. The number of aryl methyl sites for hydroxylation is 1. The molecule has 1 aromatic carbocycles. The molecular formula is C12H14N2O. The van der Waals surface area contributed by atoms with Gasteiger partial charge in [-0.3, -0.25) is 0 Å². The van der Waals surface area contributed by atoms with Crippen LogP contribution in [0.15, 0.2) is 28.8 Å². The highest BCUT2D eigenvalue weighted by molar-refractivity contribution is 5.53. The summed E-state index contributed by atoms with van der Waals surface area (Å²) in [6.07, 6.45) is 0. The molecule has 0 aliphatic heterocycles. The molecule has 2 rings (SSSR count). The highest BCUT2D eigenvalue weighted by Gasteiger charge is 2.06. The van der Waals surface area contributed by atoms with Crippen molar-refractivity contribution < 1.29 is 4.52 Å². The van der Waals surface area contributed by atoms with Gasteiger partial charge in [0.15, 0.2) is 5.82 Å². The van der Waals surface area contributed by atoms with Crippen LogP contribution in [-0.2, 0) is 0 Å². The molecule has 0 spiro atoms. The van der Waals surface area contributed by atoms with Crippen LogP contribution in [-0.4, -0.2) is 10.1 Å². The molecule has 0 atom stereocenters. The molecule has 0 aliphatic rings. The Balaban J connectivity index is 2.31. The van der Waals surface area contributed by atoms with E-state index in [2.05, 4.69) is 36.1 Å². The van der Waals surface area contributed by atoms with Crippen molar-refractivity contribution in [1.82, 2.24) is 10.1 Å². The van der Waals surface area contributed by atoms with Crippen LogP contribution in [0.1, 0.15) is 31.2 Å². The molecule has 3 heteroatoms. The van der Waals surface area contributed by atoms with Gasteiger partial charge in [0.05, 0.1) is 0 Å². The highest BCUT2D eigenvalue weighted by Crippen LogP contribution is 2.20. The summed E-state index contributed by atoms with van der Waals surface area (Å²) in [7, 11) is 0. The zero-order valence-electron chi connectivity index (χ0n) is 9.19. The maximum Gasteiger partial charge on any atom is 0.257 e. The van der Waals surface area contributed by atoms with Crippen molar-refractivity contribution >= 4 is 0 Å². The average Bonchev–Trinajstić information content (AvgIpc) is 2.65. The first-order valence-electron chi connectivity index (χ1n) is 5.07. The Kier molecular flexibility index (Phi) is 2.54. The van der Waals surface area contributed by atoms with Gasteiger partial charge in [-0.2, -0.15) is 4.98 Å². The molecule has 15 heavy (non-hydrogen) atoms. The Labute approximate surface area is 89.1 Å². The Morgan fingerprint density at radius 2 is 1.80 bits per heavy atom. The second kappa shape index (κ2) is 3.85. The van der Waals surface area contributed by atoms with Gasteiger partial charge < -0.3 is 4.52 Å². The van der Waals surface area contributed by atoms with Crippen LogP contribution < -0.4 is 0 Å². The SMILES string of the molecule is Cc1noc(-c2ccc(C(C)C)cc2)n1. The molecule has 0 fully saturated rings. The van der Waals surface area contributed by atoms with Gasteiger partial charge in [-0.15, -0.1) is 0 Å². The molecule has 0 unspecified atom stereocenters. The summed E-state index contributed by atoms with van der Waals surface area (Å²) in [5, 5.41) is 3.76. The van der Waals surface area contributed by atoms with Gasteiger partial charge in [-0.25, -0.2) is 0 Å². The second-order valence-electron chi connectivity index (χ2n) is 3.92. The molecule has 0 aliphatic carbocycles. The molecule has 2 aromatic rings. The lowest BCUT2D eigenvalue weighted by atomic mass is 10.0. The van der Waals surface area contributed by atoms with E-state index in [0.717, 1.165) is 5.56 Å². The zero-order valence-corrected chi connectivity index (χ0v) is 9.19. The van der Waals surface area contributed by atoms with E-state index in [1.165, 1.54) is 5.56 Å². The van der Waals surface area contributed by atoms with Gasteiger partial charge >= 0.3 is 0 Å². The third-order valence-corrected chi connectivity index (χ3v) is 2.35. The summed E-state index contributed by atoms with van der Waals surface area (Å²) in [6.45, 7) is 6.16. The molecule has 0 saturated heterocycles. The molecular weight excluding hydrogens is 188 g/mol. The van der Waals surface area contributed by atoms with Crippen LogP contribution in [0.4, 0.5) is 0 Å². The summed E-state index contributed by atoms with van der Waals surface area (Å²) < 4.78 is 5.09. The summed E-state index contributed by atoms with van der Waals surface area (Å²) >= 11 is 0. The van der Waals surface area contributed by atoms with Crippen molar-refractivity contribution in [3.63, 3.8) is 0 Å². The van der Waals surface area contributed by atoms with Gasteiger partial charge in [0.25, 0.3) is 5.89 Å². The Morgan fingerprint density at radius 1 is 1.13 bits per heavy atom. The second-order valence-corrected chi connectivity index (χ2v) is 3.92. The molecule has 0 radical (unpaired) electrons. The molecule has 0 bridgehead atoms. The zero-order chi connectivity index (χ0) is 10.8. The van der Waals surface area contributed by atoms with Gasteiger partial charge in [0.2, 0.25) is 0 Å². The maximum absolute atomic E-state index is 5.09. The van der Waals surface area contributed by atoms with Crippen LogP contribution in [0.25, 0.3) is 11.5 Å². The van der Waals surface area contributed by atoms with Crippen molar-refractivity contribution in [2.24, 2.45) is 0 Å². The number of nitrogens with zero attached hydrogens (tertiary/aromatic N) is 2. The largest absolute Gasteiger partial charge is 0.334 e. The van der Waals surface area contributed by atoms with Crippen molar-refractivity contribution in [2.45, 2.75) is 26.7 Å². The first-order chi connectivity index (χ1) is 7.16. The Hall–Kier alpha value is -1.64. The van der Waals surface area contributed by atoms with Crippen LogP contribution in [0.2, 0.25) is 0 Å². The van der Waals surface area contributed by atoms with E-state index >= 15 is 0 Å². The van der Waals surface area contributed by atoms with Crippen molar-refractivity contribution in [2.75, 3.05) is 0 Å². The van der Waals surface area contributed by atoms with Gasteiger partial charge in [-0.1, -0.05) is 31.1 Å². The lowest BCUT2D eigenvalue weighted by Gasteiger charge is -2.04. The molecule has 1 heterocycles. The summed E-state index contributed by atoms with van der Waals surface area (Å²) in [6, 6.07) is 8.23.